The highest BCUT2D eigenvalue weighted by atomic mass is 16.1. The number of carbonyl (C=O) groups excluding carboxylic acids is 1. The van der Waals surface area contributed by atoms with Crippen LogP contribution in [0.1, 0.15) is 5.56 Å². The van der Waals surface area contributed by atoms with E-state index in [0.717, 1.165) is 16.7 Å². The SMILES string of the molecule is Nc1cc(N)c(-c2ccccc2)c2c1NC(=O)C2. The number of anilines is 3. The molecule has 0 atom stereocenters. The van der Waals surface area contributed by atoms with Crippen LogP contribution >= 0.6 is 0 Å². The zero-order valence-corrected chi connectivity index (χ0v) is 9.73. The first-order chi connectivity index (χ1) is 8.66. The second kappa shape index (κ2) is 3.77. The number of rotatable bonds is 1. The molecule has 0 bridgehead atoms. The highest BCUT2D eigenvalue weighted by Gasteiger charge is 2.25. The number of hydrogen-bond donors (Lipinski definition) is 3. The maximum atomic E-state index is 11.5. The first-order valence-electron chi connectivity index (χ1n) is 5.73. The van der Waals surface area contributed by atoms with E-state index in [1.54, 1.807) is 6.07 Å². The van der Waals surface area contributed by atoms with Gasteiger partial charge in [0.15, 0.2) is 0 Å². The van der Waals surface area contributed by atoms with Gasteiger partial charge in [-0.25, -0.2) is 0 Å². The molecule has 1 heterocycles. The van der Waals surface area contributed by atoms with Crippen LogP contribution in [-0.2, 0) is 11.2 Å². The molecule has 0 saturated heterocycles. The fraction of sp³-hybridized carbons (Fsp3) is 0.0714. The van der Waals surface area contributed by atoms with Crippen molar-refractivity contribution in [3.8, 4) is 11.1 Å². The largest absolute Gasteiger partial charge is 0.398 e. The van der Waals surface area contributed by atoms with Gasteiger partial charge in [-0.2, -0.15) is 0 Å². The van der Waals surface area contributed by atoms with E-state index in [-0.39, 0.29) is 5.91 Å². The van der Waals surface area contributed by atoms with Gasteiger partial charge in [-0.3, -0.25) is 4.79 Å². The van der Waals surface area contributed by atoms with Gasteiger partial charge in [0.1, 0.15) is 0 Å². The molecule has 90 valence electrons. The van der Waals surface area contributed by atoms with Crippen molar-refractivity contribution in [1.82, 2.24) is 0 Å². The van der Waals surface area contributed by atoms with E-state index >= 15 is 0 Å². The Morgan fingerprint density at radius 1 is 1.06 bits per heavy atom. The van der Waals surface area contributed by atoms with Gasteiger partial charge in [0.25, 0.3) is 0 Å². The maximum Gasteiger partial charge on any atom is 0.228 e. The third-order valence-corrected chi connectivity index (χ3v) is 3.16. The summed E-state index contributed by atoms with van der Waals surface area (Å²) in [5.41, 5.74) is 16.6. The smallest absolute Gasteiger partial charge is 0.228 e. The molecule has 2 aromatic rings. The molecule has 0 spiro atoms. The molecule has 4 nitrogen and oxygen atoms in total. The summed E-state index contributed by atoms with van der Waals surface area (Å²) in [6, 6.07) is 11.5. The normalized spacial score (nSPS) is 13.2. The van der Waals surface area contributed by atoms with Crippen LogP contribution in [0.3, 0.4) is 0 Å². The molecule has 0 radical (unpaired) electrons. The van der Waals surface area contributed by atoms with Crippen LogP contribution < -0.4 is 16.8 Å². The first-order valence-corrected chi connectivity index (χ1v) is 5.73. The lowest BCUT2D eigenvalue weighted by atomic mass is 9.95. The van der Waals surface area contributed by atoms with Crippen molar-refractivity contribution in [3.63, 3.8) is 0 Å². The number of fused-ring (bicyclic) bond motifs is 1. The predicted octanol–water partition coefficient (Wildman–Crippen LogP) is 2.01. The molecule has 0 unspecified atom stereocenters. The van der Waals surface area contributed by atoms with Gasteiger partial charge < -0.3 is 16.8 Å². The molecule has 0 aliphatic carbocycles. The summed E-state index contributed by atoms with van der Waals surface area (Å²) in [6.45, 7) is 0. The number of nitrogens with one attached hydrogen (secondary N) is 1. The van der Waals surface area contributed by atoms with E-state index < -0.39 is 0 Å². The van der Waals surface area contributed by atoms with Crippen LogP contribution in [0, 0.1) is 0 Å². The monoisotopic (exact) mass is 239 g/mol. The molecule has 2 aromatic carbocycles. The molecule has 5 N–H and O–H groups in total. The molecule has 0 saturated carbocycles. The Morgan fingerprint density at radius 3 is 2.50 bits per heavy atom. The Labute approximate surface area is 105 Å². The average molecular weight is 239 g/mol. The Hall–Kier alpha value is -2.49. The van der Waals surface area contributed by atoms with Crippen LogP contribution in [0.2, 0.25) is 0 Å². The second-order valence-corrected chi connectivity index (χ2v) is 4.37. The summed E-state index contributed by atoms with van der Waals surface area (Å²) >= 11 is 0. The topological polar surface area (TPSA) is 81.1 Å². The fourth-order valence-electron chi connectivity index (χ4n) is 2.40. The number of amides is 1. The summed E-state index contributed by atoms with van der Waals surface area (Å²) in [4.78, 5) is 11.5. The first kappa shape index (κ1) is 10.7. The quantitative estimate of drug-likeness (QED) is 0.666. The van der Waals surface area contributed by atoms with Crippen LogP contribution in [0.4, 0.5) is 17.1 Å². The van der Waals surface area contributed by atoms with Crippen molar-refractivity contribution in [2.75, 3.05) is 16.8 Å². The standard InChI is InChI=1S/C14H13N3O/c15-10-7-11(16)14-9(6-12(18)17-14)13(10)8-4-2-1-3-5-8/h1-5,7H,6,15-16H2,(H,17,18). The number of nitrogens with two attached hydrogens (primary N) is 2. The van der Waals surface area contributed by atoms with Crippen LogP contribution in [-0.4, -0.2) is 5.91 Å². The number of carbonyl (C=O) groups is 1. The second-order valence-electron chi connectivity index (χ2n) is 4.37. The maximum absolute atomic E-state index is 11.5. The Morgan fingerprint density at radius 2 is 1.78 bits per heavy atom. The molecule has 3 rings (SSSR count). The lowest BCUT2D eigenvalue weighted by molar-refractivity contribution is -0.115. The van der Waals surface area contributed by atoms with Crippen molar-refractivity contribution >= 4 is 23.0 Å². The molecule has 0 aromatic heterocycles. The Bertz CT molecular complexity index is 635. The van der Waals surface area contributed by atoms with Crippen molar-refractivity contribution in [1.29, 1.82) is 0 Å². The Kier molecular flexibility index (Phi) is 2.23. The van der Waals surface area contributed by atoms with E-state index in [1.807, 2.05) is 30.3 Å². The molecule has 1 aliphatic rings. The van der Waals surface area contributed by atoms with Gasteiger partial charge in [-0.05, 0) is 17.2 Å². The number of benzene rings is 2. The molecular formula is C14H13N3O. The van der Waals surface area contributed by atoms with E-state index in [2.05, 4.69) is 5.32 Å². The van der Waals surface area contributed by atoms with Crippen LogP contribution in [0.25, 0.3) is 11.1 Å². The van der Waals surface area contributed by atoms with Crippen molar-refractivity contribution in [2.24, 2.45) is 0 Å². The van der Waals surface area contributed by atoms with Gasteiger partial charge in [0.2, 0.25) is 5.91 Å². The van der Waals surface area contributed by atoms with Gasteiger partial charge in [-0.15, -0.1) is 0 Å². The minimum absolute atomic E-state index is 0.0421. The predicted molar refractivity (Wildman–Crippen MR) is 73.0 cm³/mol. The molecule has 18 heavy (non-hydrogen) atoms. The van der Waals surface area contributed by atoms with E-state index in [1.165, 1.54) is 0 Å². The van der Waals surface area contributed by atoms with Gasteiger partial charge >= 0.3 is 0 Å². The fourth-order valence-corrected chi connectivity index (χ4v) is 2.40. The third kappa shape index (κ3) is 1.50. The summed E-state index contributed by atoms with van der Waals surface area (Å²) in [5, 5.41) is 2.78. The van der Waals surface area contributed by atoms with Crippen molar-refractivity contribution in [2.45, 2.75) is 6.42 Å². The minimum atomic E-state index is -0.0421. The Balaban J connectivity index is 2.28. The van der Waals surface area contributed by atoms with Crippen LogP contribution in [0.5, 0.6) is 0 Å². The lowest BCUT2D eigenvalue weighted by Gasteiger charge is -2.13. The van der Waals surface area contributed by atoms with Gasteiger partial charge in [0.05, 0.1) is 17.8 Å². The molecular weight excluding hydrogens is 226 g/mol. The molecule has 1 aliphatic heterocycles. The lowest BCUT2D eigenvalue weighted by Crippen LogP contribution is -2.04. The average Bonchev–Trinajstić information content (AvgIpc) is 2.72. The summed E-state index contributed by atoms with van der Waals surface area (Å²) in [6.07, 6.45) is 0.328. The van der Waals surface area contributed by atoms with E-state index in [4.69, 9.17) is 11.5 Å². The zero-order chi connectivity index (χ0) is 12.7. The zero-order valence-electron chi connectivity index (χ0n) is 9.73. The van der Waals surface area contributed by atoms with E-state index in [9.17, 15) is 4.79 Å². The highest BCUT2D eigenvalue weighted by molar-refractivity contribution is 6.07. The number of nitrogen functional groups attached to an aromatic ring is 2. The molecule has 0 fully saturated rings. The minimum Gasteiger partial charge on any atom is -0.398 e. The van der Waals surface area contributed by atoms with E-state index in [0.29, 0.717) is 23.5 Å². The van der Waals surface area contributed by atoms with Gasteiger partial charge in [0, 0.05) is 11.3 Å². The van der Waals surface area contributed by atoms with Crippen molar-refractivity contribution in [3.05, 3.63) is 42.0 Å². The number of hydrogen-bond acceptors (Lipinski definition) is 3. The summed E-state index contributed by atoms with van der Waals surface area (Å²) in [7, 11) is 0. The van der Waals surface area contributed by atoms with Crippen LogP contribution in [0.15, 0.2) is 36.4 Å². The summed E-state index contributed by atoms with van der Waals surface area (Å²) < 4.78 is 0. The third-order valence-electron chi connectivity index (χ3n) is 3.16. The molecule has 4 heteroatoms. The summed E-state index contributed by atoms with van der Waals surface area (Å²) in [5.74, 6) is -0.0421. The highest BCUT2D eigenvalue weighted by Crippen LogP contribution is 2.41. The molecule has 1 amide bonds. The van der Waals surface area contributed by atoms with Crippen molar-refractivity contribution < 1.29 is 4.79 Å². The van der Waals surface area contributed by atoms with Gasteiger partial charge in [-0.1, -0.05) is 30.3 Å².